The minimum atomic E-state index is 0.441. The molecule has 0 unspecified atom stereocenters. The Balaban J connectivity index is 1.38. The Bertz CT molecular complexity index is 755. The molecule has 2 aromatic heterocycles. The summed E-state index contributed by atoms with van der Waals surface area (Å²) in [5.41, 5.74) is 1.19. The smallest absolute Gasteiger partial charge is 0.240 e. The van der Waals surface area contributed by atoms with Crippen LogP contribution in [-0.4, -0.2) is 42.4 Å². The molecule has 1 fully saturated rings. The third-order valence-corrected chi connectivity index (χ3v) is 4.42. The van der Waals surface area contributed by atoms with Crippen molar-refractivity contribution in [3.05, 3.63) is 60.3 Å². The van der Waals surface area contributed by atoms with Crippen LogP contribution in [0.15, 0.2) is 47.5 Å². The molecule has 1 aliphatic heterocycles. The van der Waals surface area contributed by atoms with Crippen molar-refractivity contribution in [3.63, 3.8) is 0 Å². The molecule has 0 spiro atoms. The van der Waals surface area contributed by atoms with E-state index in [2.05, 4.69) is 37.3 Å². The van der Waals surface area contributed by atoms with Crippen molar-refractivity contribution in [1.29, 1.82) is 0 Å². The Morgan fingerprint density at radius 3 is 2.96 bits per heavy atom. The molecule has 1 saturated heterocycles. The number of benzene rings is 1. The summed E-state index contributed by atoms with van der Waals surface area (Å²) >= 11 is 0. The largest absolute Gasteiger partial charge is 0.338 e. The van der Waals surface area contributed by atoms with E-state index in [-0.39, 0.29) is 0 Å². The van der Waals surface area contributed by atoms with Gasteiger partial charge in [-0.05, 0) is 24.9 Å². The average Bonchev–Trinajstić information content (AvgIpc) is 3.34. The lowest BCUT2D eigenvalue weighted by Gasteiger charge is -2.22. The van der Waals surface area contributed by atoms with Crippen LogP contribution in [0.5, 0.6) is 0 Å². The lowest BCUT2D eigenvalue weighted by molar-refractivity contribution is 0.191. The molecule has 0 bridgehead atoms. The normalized spacial score (nSPS) is 18.2. The molecule has 7 nitrogen and oxygen atoms in total. The second kappa shape index (κ2) is 6.92. The van der Waals surface area contributed by atoms with E-state index >= 15 is 0 Å². The van der Waals surface area contributed by atoms with Gasteiger partial charge in [0, 0.05) is 12.5 Å². The van der Waals surface area contributed by atoms with Gasteiger partial charge in [-0.2, -0.15) is 10.1 Å². The number of rotatable bonds is 6. The van der Waals surface area contributed by atoms with Crippen molar-refractivity contribution >= 4 is 0 Å². The molecule has 1 aliphatic rings. The molecule has 3 aromatic rings. The van der Waals surface area contributed by atoms with Gasteiger partial charge in [0.05, 0.1) is 13.1 Å². The monoisotopic (exact) mass is 324 g/mol. The summed E-state index contributed by atoms with van der Waals surface area (Å²) < 4.78 is 7.33. The summed E-state index contributed by atoms with van der Waals surface area (Å²) in [4.78, 5) is 10.9. The zero-order valence-electron chi connectivity index (χ0n) is 13.5. The van der Waals surface area contributed by atoms with Gasteiger partial charge >= 0.3 is 0 Å². The molecule has 0 N–H and O–H groups in total. The Hall–Kier alpha value is -2.54. The first-order chi connectivity index (χ1) is 11.9. The van der Waals surface area contributed by atoms with Crippen LogP contribution >= 0.6 is 0 Å². The van der Waals surface area contributed by atoms with Crippen molar-refractivity contribution in [2.75, 3.05) is 6.54 Å². The third kappa shape index (κ3) is 3.51. The van der Waals surface area contributed by atoms with Crippen molar-refractivity contribution in [2.24, 2.45) is 0 Å². The van der Waals surface area contributed by atoms with Gasteiger partial charge in [-0.15, -0.1) is 0 Å². The predicted molar refractivity (Wildman–Crippen MR) is 87.0 cm³/mol. The van der Waals surface area contributed by atoms with Crippen LogP contribution in [0.25, 0.3) is 0 Å². The SMILES string of the molecule is c1ccc(Cc2noc(CN3CCC[C@H]3Cn3cncn3)n2)cc1. The predicted octanol–water partition coefficient (Wildman–Crippen LogP) is 1.92. The Labute approximate surface area is 140 Å². The molecule has 124 valence electrons. The lowest BCUT2D eigenvalue weighted by Crippen LogP contribution is -2.32. The van der Waals surface area contributed by atoms with Crippen LogP contribution in [0, 0.1) is 0 Å². The fourth-order valence-electron chi connectivity index (χ4n) is 3.23. The Morgan fingerprint density at radius 1 is 1.21 bits per heavy atom. The van der Waals surface area contributed by atoms with E-state index < -0.39 is 0 Å². The Kier molecular flexibility index (Phi) is 4.33. The summed E-state index contributed by atoms with van der Waals surface area (Å²) in [7, 11) is 0. The molecule has 4 rings (SSSR count). The first-order valence-corrected chi connectivity index (χ1v) is 8.29. The molecule has 0 radical (unpaired) electrons. The van der Waals surface area contributed by atoms with Crippen LogP contribution < -0.4 is 0 Å². The van der Waals surface area contributed by atoms with E-state index in [0.29, 0.717) is 24.9 Å². The van der Waals surface area contributed by atoms with Gasteiger partial charge in [0.1, 0.15) is 12.7 Å². The van der Waals surface area contributed by atoms with Crippen molar-refractivity contribution in [3.8, 4) is 0 Å². The molecule has 0 saturated carbocycles. The molecule has 7 heteroatoms. The highest BCUT2D eigenvalue weighted by molar-refractivity contribution is 5.18. The second-order valence-corrected chi connectivity index (χ2v) is 6.15. The minimum absolute atomic E-state index is 0.441. The average molecular weight is 324 g/mol. The number of aromatic nitrogens is 5. The van der Waals surface area contributed by atoms with E-state index in [1.165, 1.54) is 12.0 Å². The molecule has 1 atom stereocenters. The van der Waals surface area contributed by atoms with Crippen LogP contribution in [0.3, 0.4) is 0 Å². The molecular weight excluding hydrogens is 304 g/mol. The standard InChI is InChI=1S/C17H20N6O/c1-2-5-14(6-3-1)9-16-20-17(24-21-16)11-22-8-4-7-15(22)10-23-13-18-12-19-23/h1-3,5-6,12-13,15H,4,7-11H2/t15-/m0/s1. The first kappa shape index (κ1) is 15.0. The molecule has 0 amide bonds. The summed E-state index contributed by atoms with van der Waals surface area (Å²) in [6.07, 6.45) is 6.39. The molecule has 3 heterocycles. The topological polar surface area (TPSA) is 72.9 Å². The van der Waals surface area contributed by atoms with Crippen molar-refractivity contribution in [2.45, 2.75) is 38.4 Å². The molecule has 0 aliphatic carbocycles. The molecular formula is C17H20N6O. The summed E-state index contributed by atoms with van der Waals surface area (Å²) in [6, 6.07) is 10.6. The van der Waals surface area contributed by atoms with Crippen LogP contribution in [0.4, 0.5) is 0 Å². The second-order valence-electron chi connectivity index (χ2n) is 6.15. The fraction of sp³-hybridized carbons (Fsp3) is 0.412. The maximum absolute atomic E-state index is 5.44. The summed E-state index contributed by atoms with van der Waals surface area (Å²) in [5, 5.41) is 8.31. The number of hydrogen-bond donors (Lipinski definition) is 0. The third-order valence-electron chi connectivity index (χ3n) is 4.42. The highest BCUT2D eigenvalue weighted by Gasteiger charge is 2.26. The van der Waals surface area contributed by atoms with Gasteiger partial charge in [0.2, 0.25) is 5.89 Å². The number of likely N-dealkylation sites (tertiary alicyclic amines) is 1. The van der Waals surface area contributed by atoms with Crippen LogP contribution in [0.1, 0.15) is 30.1 Å². The molecule has 1 aromatic carbocycles. The maximum atomic E-state index is 5.44. The van der Waals surface area contributed by atoms with Crippen molar-refractivity contribution < 1.29 is 4.52 Å². The minimum Gasteiger partial charge on any atom is -0.338 e. The lowest BCUT2D eigenvalue weighted by atomic mass is 10.1. The summed E-state index contributed by atoms with van der Waals surface area (Å²) in [5.74, 6) is 1.43. The highest BCUT2D eigenvalue weighted by atomic mass is 16.5. The number of hydrogen-bond acceptors (Lipinski definition) is 6. The maximum Gasteiger partial charge on any atom is 0.240 e. The fourth-order valence-corrected chi connectivity index (χ4v) is 3.23. The van der Waals surface area contributed by atoms with E-state index in [9.17, 15) is 0 Å². The summed E-state index contributed by atoms with van der Waals surface area (Å²) in [6.45, 7) is 2.60. The van der Waals surface area contributed by atoms with Crippen LogP contribution in [-0.2, 0) is 19.5 Å². The zero-order valence-corrected chi connectivity index (χ0v) is 13.5. The van der Waals surface area contributed by atoms with Gasteiger partial charge < -0.3 is 4.52 Å². The van der Waals surface area contributed by atoms with E-state index in [1.807, 2.05) is 22.9 Å². The Morgan fingerprint density at radius 2 is 2.12 bits per heavy atom. The first-order valence-electron chi connectivity index (χ1n) is 8.29. The van der Waals surface area contributed by atoms with E-state index in [4.69, 9.17) is 4.52 Å². The van der Waals surface area contributed by atoms with Crippen molar-refractivity contribution in [1.82, 2.24) is 29.8 Å². The number of nitrogens with zero attached hydrogens (tertiary/aromatic N) is 6. The quantitative estimate of drug-likeness (QED) is 0.690. The van der Waals surface area contributed by atoms with Crippen LogP contribution in [0.2, 0.25) is 0 Å². The highest BCUT2D eigenvalue weighted by Crippen LogP contribution is 2.21. The zero-order chi connectivity index (χ0) is 16.2. The van der Waals surface area contributed by atoms with Gasteiger partial charge in [0.15, 0.2) is 5.82 Å². The van der Waals surface area contributed by atoms with Gasteiger partial charge in [-0.25, -0.2) is 4.98 Å². The van der Waals surface area contributed by atoms with Gasteiger partial charge in [-0.3, -0.25) is 9.58 Å². The van der Waals surface area contributed by atoms with Gasteiger partial charge in [0.25, 0.3) is 0 Å². The molecule has 24 heavy (non-hydrogen) atoms. The van der Waals surface area contributed by atoms with E-state index in [0.717, 1.165) is 25.3 Å². The van der Waals surface area contributed by atoms with Gasteiger partial charge in [-0.1, -0.05) is 35.5 Å². The van der Waals surface area contributed by atoms with E-state index in [1.54, 1.807) is 12.7 Å².